The van der Waals surface area contributed by atoms with E-state index in [0.717, 1.165) is 15.7 Å². The third-order valence-electron chi connectivity index (χ3n) is 3.29. The predicted molar refractivity (Wildman–Crippen MR) is 89.0 cm³/mol. The van der Waals surface area contributed by atoms with Gasteiger partial charge in [0.1, 0.15) is 6.04 Å². The van der Waals surface area contributed by atoms with E-state index in [-0.39, 0.29) is 0 Å². The van der Waals surface area contributed by atoms with Gasteiger partial charge in [0.25, 0.3) is 0 Å². The lowest BCUT2D eigenvalue weighted by Crippen LogP contribution is -2.37. The summed E-state index contributed by atoms with van der Waals surface area (Å²) in [6.45, 7) is 4.52. The van der Waals surface area contributed by atoms with E-state index >= 15 is 0 Å². The van der Waals surface area contributed by atoms with E-state index in [1.165, 1.54) is 0 Å². The Morgan fingerprint density at radius 2 is 2.05 bits per heavy atom. The highest BCUT2D eigenvalue weighted by Gasteiger charge is 2.18. The van der Waals surface area contributed by atoms with Crippen molar-refractivity contribution in [1.29, 1.82) is 0 Å². The maximum atomic E-state index is 11.2. The maximum Gasteiger partial charge on any atom is 0.320 e. The van der Waals surface area contributed by atoms with Crippen molar-refractivity contribution >= 4 is 21.9 Å². The molecule has 0 saturated carbocycles. The summed E-state index contributed by atoms with van der Waals surface area (Å²) in [6, 6.07) is 7.31. The van der Waals surface area contributed by atoms with E-state index in [4.69, 9.17) is 0 Å². The van der Waals surface area contributed by atoms with Gasteiger partial charge in [-0.3, -0.25) is 4.79 Å². The van der Waals surface area contributed by atoms with E-state index < -0.39 is 12.0 Å². The number of hydrogen-bond donors (Lipinski definition) is 2. The monoisotopic (exact) mass is 365 g/mol. The van der Waals surface area contributed by atoms with Gasteiger partial charge in [-0.25, -0.2) is 4.68 Å². The van der Waals surface area contributed by atoms with Crippen LogP contribution in [0.1, 0.15) is 25.8 Å². The first kappa shape index (κ1) is 16.7. The van der Waals surface area contributed by atoms with E-state index in [2.05, 4.69) is 26.3 Å². The van der Waals surface area contributed by atoms with Gasteiger partial charge in [-0.1, -0.05) is 29.8 Å². The van der Waals surface area contributed by atoms with Crippen molar-refractivity contribution in [3.05, 3.63) is 46.7 Å². The molecule has 6 heteroatoms. The van der Waals surface area contributed by atoms with Crippen LogP contribution >= 0.6 is 15.9 Å². The Bertz CT molecular complexity index is 623. The second-order valence-corrected chi connectivity index (χ2v) is 6.59. The lowest BCUT2D eigenvalue weighted by molar-refractivity contribution is -0.140. The third-order valence-corrected chi connectivity index (χ3v) is 3.81. The van der Waals surface area contributed by atoms with E-state index in [0.29, 0.717) is 18.9 Å². The Balaban J connectivity index is 1.99. The molecule has 1 aromatic carbocycles. The van der Waals surface area contributed by atoms with Gasteiger partial charge in [0.05, 0.1) is 11.9 Å². The molecule has 118 valence electrons. The molecule has 0 radical (unpaired) electrons. The number of rotatable bonds is 7. The number of carbonyl (C=O) groups is 1. The van der Waals surface area contributed by atoms with Crippen molar-refractivity contribution in [2.45, 2.75) is 32.9 Å². The SMILES string of the molecule is CC(C)C[C@H](NCc1cnn(-c2ccc(Br)cc2)c1)C(=O)O. The molecule has 5 nitrogen and oxygen atoms in total. The highest BCUT2D eigenvalue weighted by atomic mass is 79.9. The summed E-state index contributed by atoms with van der Waals surface area (Å²) in [5.74, 6) is -0.479. The van der Waals surface area contributed by atoms with Crippen molar-refractivity contribution in [1.82, 2.24) is 15.1 Å². The summed E-state index contributed by atoms with van der Waals surface area (Å²) < 4.78 is 2.80. The van der Waals surface area contributed by atoms with Crippen LogP contribution in [-0.4, -0.2) is 26.9 Å². The zero-order chi connectivity index (χ0) is 16.1. The van der Waals surface area contributed by atoms with Crippen molar-refractivity contribution < 1.29 is 9.90 Å². The van der Waals surface area contributed by atoms with Crippen LogP contribution in [0.25, 0.3) is 5.69 Å². The summed E-state index contributed by atoms with van der Waals surface area (Å²) in [5.41, 5.74) is 1.92. The summed E-state index contributed by atoms with van der Waals surface area (Å²) in [7, 11) is 0. The van der Waals surface area contributed by atoms with Gasteiger partial charge in [-0.05, 0) is 36.6 Å². The number of aromatic nitrogens is 2. The number of nitrogens with zero attached hydrogens (tertiary/aromatic N) is 2. The van der Waals surface area contributed by atoms with Crippen LogP contribution in [0.15, 0.2) is 41.1 Å². The van der Waals surface area contributed by atoms with Crippen LogP contribution in [0, 0.1) is 5.92 Å². The second kappa shape index (κ2) is 7.56. The van der Waals surface area contributed by atoms with Crippen LogP contribution in [0.4, 0.5) is 0 Å². The van der Waals surface area contributed by atoms with Crippen LogP contribution in [-0.2, 0) is 11.3 Å². The molecule has 0 aliphatic rings. The summed E-state index contributed by atoms with van der Waals surface area (Å²) in [6.07, 6.45) is 4.27. The Labute approximate surface area is 138 Å². The minimum atomic E-state index is -0.811. The Morgan fingerprint density at radius 1 is 1.36 bits per heavy atom. The molecule has 2 aromatic rings. The quantitative estimate of drug-likeness (QED) is 0.790. The van der Waals surface area contributed by atoms with E-state index in [9.17, 15) is 9.90 Å². The Hall–Kier alpha value is -1.66. The average Bonchev–Trinajstić information content (AvgIpc) is 2.92. The van der Waals surface area contributed by atoms with Crippen LogP contribution in [0.5, 0.6) is 0 Å². The molecule has 0 fully saturated rings. The number of carboxylic acids is 1. The lowest BCUT2D eigenvalue weighted by atomic mass is 10.0. The number of halogens is 1. The lowest BCUT2D eigenvalue weighted by Gasteiger charge is -2.15. The zero-order valence-electron chi connectivity index (χ0n) is 12.7. The molecule has 0 unspecified atom stereocenters. The van der Waals surface area contributed by atoms with Gasteiger partial charge in [-0.15, -0.1) is 0 Å². The molecule has 0 amide bonds. The van der Waals surface area contributed by atoms with Gasteiger partial charge in [0.15, 0.2) is 0 Å². The first-order valence-corrected chi connectivity index (χ1v) is 8.00. The van der Waals surface area contributed by atoms with Crippen LogP contribution in [0.3, 0.4) is 0 Å². The average molecular weight is 366 g/mol. The number of carboxylic acid groups (broad SMARTS) is 1. The number of benzene rings is 1. The topological polar surface area (TPSA) is 67.2 Å². The summed E-state index contributed by atoms with van der Waals surface area (Å²) >= 11 is 3.40. The highest BCUT2D eigenvalue weighted by molar-refractivity contribution is 9.10. The number of hydrogen-bond acceptors (Lipinski definition) is 3. The van der Waals surface area contributed by atoms with Gasteiger partial charge < -0.3 is 10.4 Å². The molecular formula is C16H20BrN3O2. The molecule has 1 atom stereocenters. The number of nitrogens with one attached hydrogen (secondary N) is 1. The van der Waals surface area contributed by atoms with Crippen LogP contribution < -0.4 is 5.32 Å². The fourth-order valence-corrected chi connectivity index (χ4v) is 2.43. The summed E-state index contributed by atoms with van der Waals surface area (Å²) in [5, 5.41) is 16.6. The van der Waals surface area contributed by atoms with Crippen molar-refractivity contribution in [3.8, 4) is 5.69 Å². The minimum absolute atomic E-state index is 0.332. The minimum Gasteiger partial charge on any atom is -0.480 e. The molecule has 2 rings (SSSR count). The molecule has 1 heterocycles. The molecule has 0 bridgehead atoms. The molecule has 22 heavy (non-hydrogen) atoms. The Morgan fingerprint density at radius 3 is 2.64 bits per heavy atom. The molecule has 1 aromatic heterocycles. The zero-order valence-corrected chi connectivity index (χ0v) is 14.2. The van der Waals surface area contributed by atoms with Gasteiger partial charge >= 0.3 is 5.97 Å². The first-order chi connectivity index (χ1) is 10.5. The van der Waals surface area contributed by atoms with Crippen LogP contribution in [0.2, 0.25) is 0 Å². The van der Waals surface area contributed by atoms with Gasteiger partial charge in [-0.2, -0.15) is 5.10 Å². The molecule has 2 N–H and O–H groups in total. The van der Waals surface area contributed by atoms with E-state index in [1.54, 1.807) is 10.9 Å². The molecule has 0 aliphatic carbocycles. The smallest absolute Gasteiger partial charge is 0.320 e. The van der Waals surface area contributed by atoms with E-state index in [1.807, 2.05) is 44.3 Å². The first-order valence-electron chi connectivity index (χ1n) is 7.21. The molecular weight excluding hydrogens is 346 g/mol. The fourth-order valence-electron chi connectivity index (χ4n) is 2.17. The maximum absolute atomic E-state index is 11.2. The normalized spacial score (nSPS) is 12.5. The summed E-state index contributed by atoms with van der Waals surface area (Å²) in [4.78, 5) is 11.2. The van der Waals surface area contributed by atoms with Gasteiger partial charge in [0, 0.05) is 22.8 Å². The second-order valence-electron chi connectivity index (χ2n) is 5.67. The largest absolute Gasteiger partial charge is 0.480 e. The predicted octanol–water partition coefficient (Wildman–Crippen LogP) is 3.22. The fraction of sp³-hybridized carbons (Fsp3) is 0.375. The Kier molecular flexibility index (Phi) is 5.74. The molecule has 0 saturated heterocycles. The van der Waals surface area contributed by atoms with Crippen molar-refractivity contribution in [2.75, 3.05) is 0 Å². The van der Waals surface area contributed by atoms with Crippen molar-refractivity contribution in [3.63, 3.8) is 0 Å². The highest BCUT2D eigenvalue weighted by Crippen LogP contribution is 2.14. The standard InChI is InChI=1S/C16H20BrN3O2/c1-11(2)7-15(16(21)22)18-8-12-9-19-20(10-12)14-5-3-13(17)4-6-14/h3-6,9-11,15,18H,7-8H2,1-2H3,(H,21,22)/t15-/m0/s1. The number of aliphatic carboxylic acids is 1. The molecule has 0 aliphatic heterocycles. The van der Waals surface area contributed by atoms with Crippen molar-refractivity contribution in [2.24, 2.45) is 5.92 Å². The van der Waals surface area contributed by atoms with Gasteiger partial charge in [0.2, 0.25) is 0 Å². The molecule has 0 spiro atoms. The third kappa shape index (κ3) is 4.68.